The van der Waals surface area contributed by atoms with Crippen molar-refractivity contribution in [3.05, 3.63) is 28.8 Å². The van der Waals surface area contributed by atoms with Crippen LogP contribution in [0.2, 0.25) is 5.02 Å². The quantitative estimate of drug-likeness (QED) is 0.844. The van der Waals surface area contributed by atoms with Crippen molar-refractivity contribution in [2.75, 3.05) is 16.4 Å². The zero-order valence-electron chi connectivity index (χ0n) is 8.83. The topological polar surface area (TPSA) is 46.2 Å². The Labute approximate surface area is 106 Å². The highest BCUT2D eigenvalue weighted by molar-refractivity contribution is 7.92. The van der Waals surface area contributed by atoms with E-state index in [0.717, 1.165) is 5.56 Å². The molecule has 0 spiro atoms. The third kappa shape index (κ3) is 4.20. The number of nitrogens with one attached hydrogen (secondary N) is 1. The largest absolute Gasteiger partial charge is 0.284 e. The van der Waals surface area contributed by atoms with Gasteiger partial charge in [0.05, 0.1) is 5.75 Å². The molecule has 0 aliphatic heterocycles. The second-order valence-corrected chi connectivity index (χ2v) is 6.05. The normalized spacial score (nSPS) is 11.4. The van der Waals surface area contributed by atoms with E-state index in [2.05, 4.69) is 4.72 Å². The number of anilines is 1. The molecule has 3 nitrogen and oxygen atoms in total. The summed E-state index contributed by atoms with van der Waals surface area (Å²) in [5.41, 5.74) is 1.38. The summed E-state index contributed by atoms with van der Waals surface area (Å²) in [4.78, 5) is 0. The van der Waals surface area contributed by atoms with Crippen LogP contribution in [-0.4, -0.2) is 20.1 Å². The predicted molar refractivity (Wildman–Crippen MR) is 68.9 cm³/mol. The second-order valence-electron chi connectivity index (χ2n) is 3.43. The van der Waals surface area contributed by atoms with Crippen LogP contribution in [0.1, 0.15) is 12.0 Å². The standard InChI is InChI=1S/C10H13Cl2NO2S/c1-8-3-4-9(7-10(8)12)13-16(14,15)6-2-5-11/h3-4,7,13H,2,5-6H2,1H3. The molecule has 0 saturated heterocycles. The van der Waals surface area contributed by atoms with Gasteiger partial charge in [0.1, 0.15) is 0 Å². The van der Waals surface area contributed by atoms with Crippen molar-refractivity contribution in [1.29, 1.82) is 0 Å². The van der Waals surface area contributed by atoms with Crippen LogP contribution in [0.25, 0.3) is 0 Å². The highest BCUT2D eigenvalue weighted by Gasteiger charge is 2.10. The first kappa shape index (κ1) is 13.6. The molecule has 1 N–H and O–H groups in total. The summed E-state index contributed by atoms with van der Waals surface area (Å²) in [6.45, 7) is 1.86. The second kappa shape index (κ2) is 5.75. The maximum Gasteiger partial charge on any atom is 0.232 e. The first-order chi connectivity index (χ1) is 7.44. The first-order valence-electron chi connectivity index (χ1n) is 4.77. The number of halogens is 2. The highest BCUT2D eigenvalue weighted by Crippen LogP contribution is 2.20. The molecule has 0 aromatic heterocycles. The summed E-state index contributed by atoms with van der Waals surface area (Å²) in [7, 11) is -3.32. The average Bonchev–Trinajstić information content (AvgIpc) is 2.20. The molecule has 0 aliphatic rings. The molecule has 0 amide bonds. The van der Waals surface area contributed by atoms with Crippen LogP contribution in [0.3, 0.4) is 0 Å². The summed E-state index contributed by atoms with van der Waals surface area (Å²) >= 11 is 11.3. The summed E-state index contributed by atoms with van der Waals surface area (Å²) in [6, 6.07) is 5.04. The fraction of sp³-hybridized carbons (Fsp3) is 0.400. The van der Waals surface area contributed by atoms with E-state index in [0.29, 0.717) is 23.0 Å². The van der Waals surface area contributed by atoms with Crippen LogP contribution in [-0.2, 0) is 10.0 Å². The predicted octanol–water partition coefficient (Wildman–Crippen LogP) is 3.02. The Balaban J connectivity index is 2.76. The van der Waals surface area contributed by atoms with Crippen molar-refractivity contribution in [3.63, 3.8) is 0 Å². The van der Waals surface area contributed by atoms with Gasteiger partial charge >= 0.3 is 0 Å². The molecule has 0 fully saturated rings. The Hall–Kier alpha value is -0.450. The zero-order valence-corrected chi connectivity index (χ0v) is 11.2. The van der Waals surface area contributed by atoms with Crippen LogP contribution < -0.4 is 4.72 Å². The fourth-order valence-corrected chi connectivity index (χ4v) is 2.72. The zero-order chi connectivity index (χ0) is 12.2. The van der Waals surface area contributed by atoms with Crippen LogP contribution >= 0.6 is 23.2 Å². The van der Waals surface area contributed by atoms with Crippen molar-refractivity contribution in [1.82, 2.24) is 0 Å². The van der Waals surface area contributed by atoms with Gasteiger partial charge in [-0.2, -0.15) is 0 Å². The summed E-state index contributed by atoms with van der Waals surface area (Å²) in [5.74, 6) is 0.345. The summed E-state index contributed by atoms with van der Waals surface area (Å²) < 4.78 is 25.5. The minimum absolute atomic E-state index is 0.0159. The van der Waals surface area contributed by atoms with E-state index in [-0.39, 0.29) is 5.75 Å². The molecule has 90 valence electrons. The highest BCUT2D eigenvalue weighted by atomic mass is 35.5. The number of rotatable bonds is 5. The number of aryl methyl sites for hydroxylation is 1. The van der Waals surface area contributed by atoms with Crippen molar-refractivity contribution >= 4 is 38.9 Å². The van der Waals surface area contributed by atoms with Gasteiger partial charge in [-0.1, -0.05) is 17.7 Å². The lowest BCUT2D eigenvalue weighted by Gasteiger charge is -2.08. The van der Waals surface area contributed by atoms with E-state index in [1.807, 2.05) is 6.92 Å². The molecule has 0 unspecified atom stereocenters. The monoisotopic (exact) mass is 281 g/mol. The molecule has 6 heteroatoms. The molecular weight excluding hydrogens is 269 g/mol. The third-order valence-electron chi connectivity index (χ3n) is 1.99. The van der Waals surface area contributed by atoms with Crippen LogP contribution in [0, 0.1) is 6.92 Å². The lowest BCUT2D eigenvalue weighted by molar-refractivity contribution is 0.600. The lowest BCUT2D eigenvalue weighted by atomic mass is 10.2. The van der Waals surface area contributed by atoms with Crippen molar-refractivity contribution in [2.24, 2.45) is 0 Å². The number of hydrogen-bond donors (Lipinski definition) is 1. The van der Waals surface area contributed by atoms with Crippen LogP contribution in [0.5, 0.6) is 0 Å². The number of benzene rings is 1. The van der Waals surface area contributed by atoms with E-state index < -0.39 is 10.0 Å². The van der Waals surface area contributed by atoms with Crippen LogP contribution in [0.4, 0.5) is 5.69 Å². The van der Waals surface area contributed by atoms with Crippen molar-refractivity contribution in [3.8, 4) is 0 Å². The third-order valence-corrected chi connectivity index (χ3v) is 4.04. The molecule has 16 heavy (non-hydrogen) atoms. The average molecular weight is 282 g/mol. The van der Waals surface area contributed by atoms with E-state index in [1.165, 1.54) is 0 Å². The van der Waals surface area contributed by atoms with Crippen molar-refractivity contribution in [2.45, 2.75) is 13.3 Å². The Morgan fingerprint density at radius 3 is 2.62 bits per heavy atom. The van der Waals surface area contributed by atoms with Gasteiger partial charge in [0, 0.05) is 16.6 Å². The minimum Gasteiger partial charge on any atom is -0.284 e. The van der Waals surface area contributed by atoms with E-state index in [9.17, 15) is 8.42 Å². The number of alkyl halides is 1. The molecule has 0 heterocycles. The molecule has 0 atom stereocenters. The summed E-state index contributed by atoms with van der Waals surface area (Å²) in [6.07, 6.45) is 0.427. The molecule has 0 saturated carbocycles. The molecule has 1 aromatic carbocycles. The van der Waals surface area contributed by atoms with Gasteiger partial charge in [-0.25, -0.2) is 8.42 Å². The van der Waals surface area contributed by atoms with Crippen molar-refractivity contribution < 1.29 is 8.42 Å². The molecule has 0 radical (unpaired) electrons. The molecular formula is C10H13Cl2NO2S. The Kier molecular flexibility index (Phi) is 4.89. The summed E-state index contributed by atoms with van der Waals surface area (Å²) in [5, 5.41) is 0.539. The van der Waals surface area contributed by atoms with Gasteiger partial charge < -0.3 is 0 Å². The van der Waals surface area contributed by atoms with Gasteiger partial charge in [0.15, 0.2) is 0 Å². The van der Waals surface area contributed by atoms with Gasteiger partial charge in [-0.3, -0.25) is 4.72 Å². The minimum atomic E-state index is -3.32. The maximum atomic E-state index is 11.5. The Morgan fingerprint density at radius 1 is 1.38 bits per heavy atom. The number of hydrogen-bond acceptors (Lipinski definition) is 2. The SMILES string of the molecule is Cc1ccc(NS(=O)(=O)CCCCl)cc1Cl. The first-order valence-corrected chi connectivity index (χ1v) is 7.34. The van der Waals surface area contributed by atoms with Gasteiger partial charge in [0.25, 0.3) is 0 Å². The Bertz CT molecular complexity index is 460. The Morgan fingerprint density at radius 2 is 2.06 bits per heavy atom. The van der Waals surface area contributed by atoms with E-state index >= 15 is 0 Å². The molecule has 1 rings (SSSR count). The maximum absolute atomic E-state index is 11.5. The number of sulfonamides is 1. The molecule has 0 bridgehead atoms. The smallest absolute Gasteiger partial charge is 0.232 e. The fourth-order valence-electron chi connectivity index (χ4n) is 1.13. The molecule has 1 aromatic rings. The van der Waals surface area contributed by atoms with Crippen LogP contribution in [0.15, 0.2) is 18.2 Å². The lowest BCUT2D eigenvalue weighted by Crippen LogP contribution is -2.16. The van der Waals surface area contributed by atoms with E-state index in [1.54, 1.807) is 18.2 Å². The van der Waals surface area contributed by atoms with Gasteiger partial charge in [-0.05, 0) is 31.0 Å². The molecule has 0 aliphatic carbocycles. The van der Waals surface area contributed by atoms with Gasteiger partial charge in [-0.15, -0.1) is 11.6 Å². The van der Waals surface area contributed by atoms with Gasteiger partial charge in [0.2, 0.25) is 10.0 Å². The van der Waals surface area contributed by atoms with E-state index in [4.69, 9.17) is 23.2 Å².